The summed E-state index contributed by atoms with van der Waals surface area (Å²) in [4.78, 5) is 10.8. The van der Waals surface area contributed by atoms with Crippen LogP contribution in [0.3, 0.4) is 0 Å². The predicted molar refractivity (Wildman–Crippen MR) is 62.9 cm³/mol. The minimum absolute atomic E-state index is 0.165. The lowest BCUT2D eigenvalue weighted by atomic mass is 10.0. The van der Waals surface area contributed by atoms with E-state index in [-0.39, 0.29) is 17.9 Å². The van der Waals surface area contributed by atoms with Crippen molar-refractivity contribution in [1.82, 2.24) is 0 Å². The Bertz CT molecular complexity index is 429. The van der Waals surface area contributed by atoms with Crippen molar-refractivity contribution in [2.45, 2.75) is 12.7 Å². The fraction of sp³-hybridized carbons (Fsp3) is 0.417. The lowest BCUT2D eigenvalue weighted by molar-refractivity contribution is -0.147. The molecule has 0 radical (unpaired) electrons. The van der Waals surface area contributed by atoms with Gasteiger partial charge in [-0.15, -0.1) is 0 Å². The molecule has 0 aliphatic carbocycles. The van der Waals surface area contributed by atoms with Crippen LogP contribution < -0.4 is 9.47 Å². The second-order valence-corrected chi connectivity index (χ2v) is 3.54. The largest absolute Gasteiger partial charge is 0.496 e. The molecule has 0 amide bonds. The zero-order chi connectivity index (χ0) is 13.7. The van der Waals surface area contributed by atoms with Crippen molar-refractivity contribution in [3.05, 3.63) is 23.3 Å². The third kappa shape index (κ3) is 2.72. The number of aliphatic hydroxyl groups excluding tert-OH is 1. The Hall–Kier alpha value is -1.79. The number of hydrogen-bond donors (Lipinski definition) is 2. The molecule has 18 heavy (non-hydrogen) atoms. The molecule has 1 rings (SSSR count). The Balaban J connectivity index is 3.36. The number of ether oxygens (including phenoxy) is 3. The molecule has 1 atom stereocenters. The van der Waals surface area contributed by atoms with Gasteiger partial charge in [0.2, 0.25) is 0 Å². The van der Waals surface area contributed by atoms with Crippen LogP contribution in [0.15, 0.2) is 12.1 Å². The molecule has 0 aromatic heterocycles. The lowest BCUT2D eigenvalue weighted by Gasteiger charge is -2.17. The van der Waals surface area contributed by atoms with E-state index >= 15 is 0 Å². The number of carbonyl (C=O) groups is 1. The topological polar surface area (TPSA) is 85.2 Å². The monoisotopic (exact) mass is 256 g/mol. The van der Waals surface area contributed by atoms with Gasteiger partial charge in [0.15, 0.2) is 6.10 Å². The Kier molecular flexibility index (Phi) is 4.94. The quantitative estimate of drug-likeness (QED) is 0.788. The van der Waals surface area contributed by atoms with Crippen LogP contribution >= 0.6 is 0 Å². The first-order chi connectivity index (χ1) is 8.56. The van der Waals surface area contributed by atoms with Gasteiger partial charge < -0.3 is 24.4 Å². The van der Waals surface area contributed by atoms with Gasteiger partial charge in [-0.2, -0.15) is 0 Å². The Morgan fingerprint density at radius 3 is 2.39 bits per heavy atom. The summed E-state index contributed by atoms with van der Waals surface area (Å²) in [5, 5.41) is 18.4. The maximum absolute atomic E-state index is 10.8. The molecule has 0 spiro atoms. The van der Waals surface area contributed by atoms with E-state index in [2.05, 4.69) is 0 Å². The average Bonchev–Trinajstić information content (AvgIpc) is 2.37. The predicted octanol–water partition coefficient (Wildman–Crippen LogP) is 0.968. The summed E-state index contributed by atoms with van der Waals surface area (Å²) < 4.78 is 15.3. The highest BCUT2D eigenvalue weighted by molar-refractivity contribution is 5.76. The number of carboxylic acids is 1. The van der Waals surface area contributed by atoms with Crippen molar-refractivity contribution in [2.24, 2.45) is 0 Å². The van der Waals surface area contributed by atoms with E-state index in [0.717, 1.165) is 0 Å². The summed E-state index contributed by atoms with van der Waals surface area (Å²) in [7, 11) is 4.38. The summed E-state index contributed by atoms with van der Waals surface area (Å²) in [5.74, 6) is -0.581. The smallest absolute Gasteiger partial charge is 0.337 e. The fourth-order valence-electron chi connectivity index (χ4n) is 1.69. The normalized spacial score (nSPS) is 12.0. The molecular weight excluding hydrogens is 240 g/mol. The second-order valence-electron chi connectivity index (χ2n) is 3.54. The molecule has 0 fully saturated rings. The highest BCUT2D eigenvalue weighted by atomic mass is 16.5. The molecule has 0 saturated carbocycles. The van der Waals surface area contributed by atoms with E-state index in [1.54, 1.807) is 6.07 Å². The first-order valence-corrected chi connectivity index (χ1v) is 5.20. The van der Waals surface area contributed by atoms with Crippen molar-refractivity contribution >= 4 is 5.97 Å². The number of rotatable bonds is 6. The lowest BCUT2D eigenvalue weighted by Crippen LogP contribution is -2.13. The van der Waals surface area contributed by atoms with Crippen molar-refractivity contribution < 1.29 is 29.2 Å². The van der Waals surface area contributed by atoms with Crippen LogP contribution in [0.2, 0.25) is 0 Å². The maximum atomic E-state index is 10.8. The number of aliphatic hydroxyl groups is 1. The first-order valence-electron chi connectivity index (χ1n) is 5.20. The van der Waals surface area contributed by atoms with E-state index in [4.69, 9.17) is 19.3 Å². The molecule has 1 aromatic rings. The molecule has 0 aliphatic heterocycles. The standard InChI is InChI=1S/C12H16O6/c1-16-6-8-9(17-2)5-4-7(11(8)18-3)10(13)12(14)15/h4-5,10,13H,6H2,1-3H3,(H,14,15). The molecule has 100 valence electrons. The number of benzene rings is 1. The molecule has 1 unspecified atom stereocenters. The molecule has 0 bridgehead atoms. The van der Waals surface area contributed by atoms with Gasteiger partial charge in [-0.1, -0.05) is 0 Å². The summed E-state index contributed by atoms with van der Waals surface area (Å²) in [6.45, 7) is 0.187. The van der Waals surface area contributed by atoms with E-state index in [0.29, 0.717) is 11.3 Å². The van der Waals surface area contributed by atoms with Crippen LogP contribution in [-0.4, -0.2) is 37.5 Å². The Labute approximate surface area is 105 Å². The van der Waals surface area contributed by atoms with Crippen LogP contribution in [0.4, 0.5) is 0 Å². The number of aliphatic carboxylic acids is 1. The maximum Gasteiger partial charge on any atom is 0.337 e. The summed E-state index contributed by atoms with van der Waals surface area (Å²) in [5.41, 5.74) is 0.721. The molecule has 0 heterocycles. The van der Waals surface area contributed by atoms with Crippen LogP contribution in [0.25, 0.3) is 0 Å². The minimum Gasteiger partial charge on any atom is -0.496 e. The molecular formula is C12H16O6. The average molecular weight is 256 g/mol. The number of methoxy groups -OCH3 is 3. The Morgan fingerprint density at radius 2 is 1.94 bits per heavy atom. The molecule has 6 nitrogen and oxygen atoms in total. The number of hydrogen-bond acceptors (Lipinski definition) is 5. The number of carboxylic acid groups (broad SMARTS) is 1. The van der Waals surface area contributed by atoms with Gasteiger partial charge in [-0.05, 0) is 12.1 Å². The zero-order valence-electron chi connectivity index (χ0n) is 10.5. The third-order valence-electron chi connectivity index (χ3n) is 2.49. The van der Waals surface area contributed by atoms with Crippen LogP contribution in [-0.2, 0) is 16.1 Å². The van der Waals surface area contributed by atoms with Crippen LogP contribution in [0.5, 0.6) is 11.5 Å². The molecule has 0 saturated heterocycles. The van der Waals surface area contributed by atoms with Crippen LogP contribution in [0.1, 0.15) is 17.2 Å². The van der Waals surface area contributed by atoms with Gasteiger partial charge >= 0.3 is 5.97 Å². The second kappa shape index (κ2) is 6.23. The van der Waals surface area contributed by atoms with Gasteiger partial charge in [-0.25, -0.2) is 4.79 Å². The summed E-state index contributed by atoms with van der Waals surface area (Å²) in [6.07, 6.45) is -1.65. The Morgan fingerprint density at radius 1 is 1.28 bits per heavy atom. The minimum atomic E-state index is -1.65. The van der Waals surface area contributed by atoms with Crippen molar-refractivity contribution in [2.75, 3.05) is 21.3 Å². The third-order valence-corrected chi connectivity index (χ3v) is 2.49. The van der Waals surface area contributed by atoms with Gasteiger partial charge in [0.1, 0.15) is 11.5 Å². The van der Waals surface area contributed by atoms with E-state index < -0.39 is 12.1 Å². The SMILES string of the molecule is COCc1c(OC)ccc(C(O)C(=O)O)c1OC. The summed E-state index contributed by atoms with van der Waals surface area (Å²) in [6, 6.07) is 3.02. The van der Waals surface area contributed by atoms with Crippen molar-refractivity contribution in [1.29, 1.82) is 0 Å². The molecule has 2 N–H and O–H groups in total. The molecule has 6 heteroatoms. The molecule has 0 aliphatic rings. The van der Waals surface area contributed by atoms with Gasteiger partial charge in [-0.3, -0.25) is 0 Å². The van der Waals surface area contributed by atoms with Crippen molar-refractivity contribution in [3.8, 4) is 11.5 Å². The summed E-state index contributed by atoms with van der Waals surface area (Å²) >= 11 is 0. The van der Waals surface area contributed by atoms with Gasteiger partial charge in [0.25, 0.3) is 0 Å². The molecule has 1 aromatic carbocycles. The zero-order valence-corrected chi connectivity index (χ0v) is 10.5. The first kappa shape index (κ1) is 14.3. The van der Waals surface area contributed by atoms with E-state index in [9.17, 15) is 9.90 Å². The van der Waals surface area contributed by atoms with E-state index in [1.165, 1.54) is 27.4 Å². The van der Waals surface area contributed by atoms with Gasteiger partial charge in [0.05, 0.1) is 26.4 Å². The highest BCUT2D eigenvalue weighted by Gasteiger charge is 2.24. The van der Waals surface area contributed by atoms with E-state index in [1.807, 2.05) is 0 Å². The highest BCUT2D eigenvalue weighted by Crippen LogP contribution is 2.36. The fourth-order valence-corrected chi connectivity index (χ4v) is 1.69. The van der Waals surface area contributed by atoms with Crippen LogP contribution in [0, 0.1) is 0 Å². The van der Waals surface area contributed by atoms with Crippen molar-refractivity contribution in [3.63, 3.8) is 0 Å². The van der Waals surface area contributed by atoms with Gasteiger partial charge in [0, 0.05) is 12.7 Å².